The van der Waals surface area contributed by atoms with E-state index in [-0.39, 0.29) is 5.91 Å². The lowest BCUT2D eigenvalue weighted by molar-refractivity contribution is -0.128. The fourth-order valence-corrected chi connectivity index (χ4v) is 3.12. The van der Waals surface area contributed by atoms with Crippen LogP contribution in [0.2, 0.25) is 0 Å². The highest BCUT2D eigenvalue weighted by molar-refractivity contribution is 5.82. The fourth-order valence-electron chi connectivity index (χ4n) is 3.12. The van der Waals surface area contributed by atoms with Crippen LogP contribution in [0.15, 0.2) is 48.5 Å². The van der Waals surface area contributed by atoms with E-state index in [9.17, 15) is 4.79 Å². The lowest BCUT2D eigenvalue weighted by atomic mass is 10.2. The standard InChI is InChI=1S/C20H25N3O/c1-21(2)18-10-8-16(9-11-18)14-22(3)20(24)15-23-13-12-17-6-4-5-7-19(17)23/h4-11H,12-15H2,1-3H3. The predicted molar refractivity (Wildman–Crippen MR) is 99.6 cm³/mol. The van der Waals surface area contributed by atoms with Gasteiger partial charge in [-0.1, -0.05) is 30.3 Å². The largest absolute Gasteiger partial charge is 0.378 e. The van der Waals surface area contributed by atoms with Crippen molar-refractivity contribution in [2.24, 2.45) is 0 Å². The Labute approximate surface area is 144 Å². The van der Waals surface area contributed by atoms with Gasteiger partial charge in [-0.2, -0.15) is 0 Å². The molecule has 0 fully saturated rings. The first-order valence-corrected chi connectivity index (χ1v) is 8.37. The van der Waals surface area contributed by atoms with Crippen LogP contribution in [-0.4, -0.2) is 45.0 Å². The molecule has 2 aromatic rings. The Morgan fingerprint density at radius 3 is 2.46 bits per heavy atom. The summed E-state index contributed by atoms with van der Waals surface area (Å²) in [4.78, 5) is 18.6. The molecule has 1 aliphatic rings. The molecule has 0 aliphatic carbocycles. The Balaban J connectivity index is 1.59. The number of para-hydroxylation sites is 1. The van der Waals surface area contributed by atoms with Gasteiger partial charge >= 0.3 is 0 Å². The number of amides is 1. The monoisotopic (exact) mass is 323 g/mol. The van der Waals surface area contributed by atoms with Crippen LogP contribution in [-0.2, 0) is 17.8 Å². The van der Waals surface area contributed by atoms with E-state index in [0.29, 0.717) is 13.1 Å². The molecule has 126 valence electrons. The minimum absolute atomic E-state index is 0.156. The van der Waals surface area contributed by atoms with E-state index < -0.39 is 0 Å². The molecule has 0 radical (unpaired) electrons. The van der Waals surface area contributed by atoms with Gasteiger partial charge < -0.3 is 14.7 Å². The van der Waals surface area contributed by atoms with Crippen molar-refractivity contribution in [1.29, 1.82) is 0 Å². The number of rotatable bonds is 5. The summed E-state index contributed by atoms with van der Waals surface area (Å²) in [7, 11) is 5.93. The molecular weight excluding hydrogens is 298 g/mol. The molecule has 1 heterocycles. The van der Waals surface area contributed by atoms with Gasteiger partial charge in [0.15, 0.2) is 0 Å². The number of anilines is 2. The zero-order valence-corrected chi connectivity index (χ0v) is 14.7. The van der Waals surface area contributed by atoms with Gasteiger partial charge in [0.1, 0.15) is 0 Å². The third kappa shape index (κ3) is 3.53. The molecule has 4 nitrogen and oxygen atoms in total. The second-order valence-electron chi connectivity index (χ2n) is 6.61. The van der Waals surface area contributed by atoms with Gasteiger partial charge in [-0.25, -0.2) is 0 Å². The van der Waals surface area contributed by atoms with E-state index in [4.69, 9.17) is 0 Å². The Morgan fingerprint density at radius 1 is 1.04 bits per heavy atom. The molecule has 4 heteroatoms. The van der Waals surface area contributed by atoms with Crippen molar-refractivity contribution in [3.8, 4) is 0 Å². The Hall–Kier alpha value is -2.49. The number of carbonyl (C=O) groups is 1. The van der Waals surface area contributed by atoms with Crippen LogP contribution < -0.4 is 9.80 Å². The maximum Gasteiger partial charge on any atom is 0.242 e. The van der Waals surface area contributed by atoms with Crippen molar-refractivity contribution in [2.45, 2.75) is 13.0 Å². The average Bonchev–Trinajstić information content (AvgIpc) is 2.98. The molecule has 0 aromatic heterocycles. The topological polar surface area (TPSA) is 26.8 Å². The Bertz CT molecular complexity index is 709. The van der Waals surface area contributed by atoms with Crippen LogP contribution in [0.1, 0.15) is 11.1 Å². The maximum atomic E-state index is 12.6. The summed E-state index contributed by atoms with van der Waals surface area (Å²) >= 11 is 0. The van der Waals surface area contributed by atoms with Crippen molar-refractivity contribution in [2.75, 3.05) is 44.0 Å². The summed E-state index contributed by atoms with van der Waals surface area (Å²) in [5.41, 5.74) is 4.86. The van der Waals surface area contributed by atoms with Gasteiger partial charge in [-0.15, -0.1) is 0 Å². The maximum absolute atomic E-state index is 12.6. The summed E-state index contributed by atoms with van der Waals surface area (Å²) in [6, 6.07) is 16.7. The summed E-state index contributed by atoms with van der Waals surface area (Å²) in [5.74, 6) is 0.156. The zero-order chi connectivity index (χ0) is 17.1. The molecule has 24 heavy (non-hydrogen) atoms. The minimum atomic E-state index is 0.156. The summed E-state index contributed by atoms with van der Waals surface area (Å²) in [6.07, 6.45) is 1.03. The molecular formula is C20H25N3O. The van der Waals surface area contributed by atoms with E-state index in [1.54, 1.807) is 0 Å². The highest BCUT2D eigenvalue weighted by Crippen LogP contribution is 2.27. The van der Waals surface area contributed by atoms with Crippen LogP contribution in [0.5, 0.6) is 0 Å². The van der Waals surface area contributed by atoms with Crippen molar-refractivity contribution in [3.63, 3.8) is 0 Å². The van der Waals surface area contributed by atoms with E-state index in [0.717, 1.165) is 18.5 Å². The molecule has 1 amide bonds. The van der Waals surface area contributed by atoms with Crippen molar-refractivity contribution < 1.29 is 4.79 Å². The third-order valence-electron chi connectivity index (χ3n) is 4.61. The Kier molecular flexibility index (Phi) is 4.74. The number of hydrogen-bond donors (Lipinski definition) is 0. The van der Waals surface area contributed by atoms with Crippen LogP contribution in [0, 0.1) is 0 Å². The summed E-state index contributed by atoms with van der Waals surface area (Å²) in [6.45, 7) is 2.02. The van der Waals surface area contributed by atoms with Gasteiger partial charge in [-0.3, -0.25) is 4.79 Å². The molecule has 0 atom stereocenters. The van der Waals surface area contributed by atoms with E-state index in [2.05, 4.69) is 52.3 Å². The molecule has 0 unspecified atom stereocenters. The zero-order valence-electron chi connectivity index (χ0n) is 14.7. The number of nitrogens with zero attached hydrogens (tertiary/aromatic N) is 3. The lowest BCUT2D eigenvalue weighted by Crippen LogP contribution is -2.37. The number of fused-ring (bicyclic) bond motifs is 1. The molecule has 0 saturated carbocycles. The second kappa shape index (κ2) is 6.95. The number of carbonyl (C=O) groups excluding carboxylic acids is 1. The molecule has 2 aromatic carbocycles. The summed E-state index contributed by atoms with van der Waals surface area (Å²) < 4.78 is 0. The second-order valence-corrected chi connectivity index (χ2v) is 6.61. The lowest BCUT2D eigenvalue weighted by Gasteiger charge is -2.24. The van der Waals surface area contributed by atoms with E-state index >= 15 is 0 Å². The molecule has 1 aliphatic heterocycles. The van der Waals surface area contributed by atoms with Crippen LogP contribution in [0.25, 0.3) is 0 Å². The SMILES string of the molecule is CN(Cc1ccc(N(C)C)cc1)C(=O)CN1CCc2ccccc21. The fraction of sp³-hybridized carbons (Fsp3) is 0.350. The normalized spacial score (nSPS) is 12.9. The van der Waals surface area contributed by atoms with Gasteiger partial charge in [-0.05, 0) is 35.7 Å². The quantitative estimate of drug-likeness (QED) is 0.846. The first-order valence-electron chi connectivity index (χ1n) is 8.37. The van der Waals surface area contributed by atoms with Crippen molar-refractivity contribution >= 4 is 17.3 Å². The molecule has 3 rings (SSSR count). The van der Waals surface area contributed by atoms with Gasteiger partial charge in [0.05, 0.1) is 6.54 Å². The van der Waals surface area contributed by atoms with Crippen LogP contribution >= 0.6 is 0 Å². The average molecular weight is 323 g/mol. The minimum Gasteiger partial charge on any atom is -0.378 e. The number of hydrogen-bond acceptors (Lipinski definition) is 3. The molecule has 0 N–H and O–H groups in total. The highest BCUT2D eigenvalue weighted by atomic mass is 16.2. The van der Waals surface area contributed by atoms with Gasteiger partial charge in [0.2, 0.25) is 5.91 Å². The smallest absolute Gasteiger partial charge is 0.242 e. The van der Waals surface area contributed by atoms with Crippen LogP contribution in [0.3, 0.4) is 0 Å². The highest BCUT2D eigenvalue weighted by Gasteiger charge is 2.22. The predicted octanol–water partition coefficient (Wildman–Crippen LogP) is 2.77. The van der Waals surface area contributed by atoms with E-state index in [1.165, 1.54) is 16.9 Å². The molecule has 0 bridgehead atoms. The third-order valence-corrected chi connectivity index (χ3v) is 4.61. The van der Waals surface area contributed by atoms with Gasteiger partial charge in [0.25, 0.3) is 0 Å². The summed E-state index contributed by atoms with van der Waals surface area (Å²) in [5, 5.41) is 0. The molecule has 0 saturated heterocycles. The Morgan fingerprint density at radius 2 is 1.75 bits per heavy atom. The van der Waals surface area contributed by atoms with Crippen molar-refractivity contribution in [3.05, 3.63) is 59.7 Å². The first-order chi connectivity index (χ1) is 11.5. The van der Waals surface area contributed by atoms with Crippen LogP contribution in [0.4, 0.5) is 11.4 Å². The molecule has 0 spiro atoms. The van der Waals surface area contributed by atoms with Crippen molar-refractivity contribution in [1.82, 2.24) is 4.90 Å². The first kappa shape index (κ1) is 16.4. The number of likely N-dealkylation sites (N-methyl/N-ethyl adjacent to an activating group) is 1. The van der Waals surface area contributed by atoms with E-state index in [1.807, 2.05) is 32.1 Å². The number of benzene rings is 2. The van der Waals surface area contributed by atoms with Gasteiger partial charge in [0, 0.05) is 45.6 Å².